The van der Waals surface area contributed by atoms with Crippen LogP contribution in [0, 0.1) is 0 Å². The van der Waals surface area contributed by atoms with Gasteiger partial charge in [0, 0.05) is 39.8 Å². The Kier molecular flexibility index (Phi) is 12.5. The third-order valence-electron chi connectivity index (χ3n) is 2.25. The number of carbonyl (C=O) groups excluding carboxylic acids is 2. The Bertz CT molecular complexity index is 395. The van der Waals surface area contributed by atoms with Crippen LogP contribution in [0.15, 0.2) is 0 Å². The molecule has 6 N–H and O–H groups in total. The second-order valence-electron chi connectivity index (χ2n) is 3.90. The zero-order chi connectivity index (χ0) is 15.7. The Hall–Kier alpha value is -0.875. The molecule has 0 aliphatic carbocycles. The summed E-state index contributed by atoms with van der Waals surface area (Å²) in [5.74, 6) is -3.70. The maximum Gasteiger partial charge on any atom is 0.322 e. The molecule has 0 aromatic heterocycles. The summed E-state index contributed by atoms with van der Waals surface area (Å²) in [4.78, 5) is 43.7. The molecule has 0 spiro atoms. The molecule has 0 radical (unpaired) electrons. The monoisotopic (exact) mass is 509 g/mol. The van der Waals surface area contributed by atoms with Crippen molar-refractivity contribution in [3.63, 3.8) is 0 Å². The van der Waals surface area contributed by atoms with E-state index in [0.717, 1.165) is 0 Å². The molecule has 0 bridgehead atoms. The molecule has 2 atom stereocenters. The van der Waals surface area contributed by atoms with Gasteiger partial charge in [0.25, 0.3) is 0 Å². The smallest absolute Gasteiger partial charge is 0.322 e. The van der Waals surface area contributed by atoms with Crippen molar-refractivity contribution in [3.05, 3.63) is 0 Å². The van der Waals surface area contributed by atoms with Crippen LogP contribution < -0.4 is 16.4 Å². The molecule has 0 aromatic rings. The zero-order valence-corrected chi connectivity index (χ0v) is 17.6. The van der Waals surface area contributed by atoms with E-state index in [4.69, 9.17) is 15.9 Å². The quantitative estimate of drug-likeness (QED) is 0.152. The Balaban J connectivity index is 0. The van der Waals surface area contributed by atoms with E-state index >= 15 is 0 Å². The molecule has 0 fully saturated rings. The SMILES string of the molecule is NC(CCC(=O)NC(CS)C(=O)NCC(=O)O)C(=O)O.[Hg]. The van der Waals surface area contributed by atoms with Gasteiger partial charge >= 0.3 is 11.9 Å². The number of carboxylic acids is 2. The van der Waals surface area contributed by atoms with Gasteiger partial charge in [0.15, 0.2) is 0 Å². The minimum absolute atomic E-state index is 0. The molecule has 116 valence electrons. The van der Waals surface area contributed by atoms with Gasteiger partial charge in [-0.25, -0.2) is 0 Å². The Morgan fingerprint density at radius 1 is 1.19 bits per heavy atom. The number of thiol groups is 1. The Morgan fingerprint density at radius 2 is 1.76 bits per heavy atom. The summed E-state index contributed by atoms with van der Waals surface area (Å²) in [5, 5.41) is 21.4. The third kappa shape index (κ3) is 10.5. The summed E-state index contributed by atoms with van der Waals surface area (Å²) < 4.78 is 0. The van der Waals surface area contributed by atoms with Crippen molar-refractivity contribution >= 4 is 36.4 Å². The molecule has 2 unspecified atom stereocenters. The number of rotatable bonds is 9. The molecule has 0 saturated carbocycles. The molecule has 0 saturated heterocycles. The van der Waals surface area contributed by atoms with Crippen LogP contribution in [-0.2, 0) is 46.8 Å². The molecule has 0 aromatic carbocycles. The summed E-state index contributed by atoms with van der Waals surface area (Å²) >= 11 is 3.87. The van der Waals surface area contributed by atoms with E-state index < -0.39 is 42.4 Å². The maximum atomic E-state index is 11.5. The van der Waals surface area contributed by atoms with Crippen molar-refractivity contribution in [2.45, 2.75) is 24.9 Å². The first-order chi connectivity index (χ1) is 9.27. The summed E-state index contributed by atoms with van der Waals surface area (Å²) in [5.41, 5.74) is 5.23. The van der Waals surface area contributed by atoms with Crippen molar-refractivity contribution in [1.29, 1.82) is 0 Å². The fraction of sp³-hybridized carbons (Fsp3) is 0.600. The van der Waals surface area contributed by atoms with Crippen LogP contribution in [0.25, 0.3) is 0 Å². The van der Waals surface area contributed by atoms with Gasteiger partial charge in [-0.1, -0.05) is 0 Å². The normalized spacial score (nSPS) is 12.5. The summed E-state index contributed by atoms with van der Waals surface area (Å²) in [7, 11) is 0. The first-order valence-corrected chi connectivity index (χ1v) is 6.29. The molecular formula is C10H17HgN3O6S. The second-order valence-corrected chi connectivity index (χ2v) is 4.26. The van der Waals surface area contributed by atoms with Gasteiger partial charge in [-0.3, -0.25) is 19.2 Å². The molecule has 2 amide bonds. The van der Waals surface area contributed by atoms with Crippen molar-refractivity contribution in [3.8, 4) is 0 Å². The van der Waals surface area contributed by atoms with E-state index in [1.54, 1.807) is 0 Å². The fourth-order valence-electron chi connectivity index (χ4n) is 1.16. The number of hydrogen-bond acceptors (Lipinski definition) is 6. The second kappa shape index (κ2) is 11.7. The van der Waals surface area contributed by atoms with Gasteiger partial charge in [-0.05, 0) is 6.42 Å². The van der Waals surface area contributed by atoms with Crippen LogP contribution >= 0.6 is 12.6 Å². The summed E-state index contributed by atoms with van der Waals surface area (Å²) in [6.45, 7) is -0.567. The minimum atomic E-state index is -1.22. The molecule has 11 heteroatoms. The zero-order valence-electron chi connectivity index (χ0n) is 11.2. The van der Waals surface area contributed by atoms with Gasteiger partial charge in [0.05, 0.1) is 0 Å². The Labute approximate surface area is 146 Å². The number of aliphatic carboxylic acids is 2. The van der Waals surface area contributed by atoms with Crippen molar-refractivity contribution in [1.82, 2.24) is 10.6 Å². The van der Waals surface area contributed by atoms with Gasteiger partial charge in [0.1, 0.15) is 18.6 Å². The molecule has 0 rings (SSSR count). The van der Waals surface area contributed by atoms with Crippen molar-refractivity contribution in [2.24, 2.45) is 5.73 Å². The van der Waals surface area contributed by atoms with E-state index in [1.807, 2.05) is 0 Å². The molecule has 0 aliphatic rings. The van der Waals surface area contributed by atoms with E-state index in [0.29, 0.717) is 0 Å². The number of carboxylic acid groups (broad SMARTS) is 2. The third-order valence-corrected chi connectivity index (χ3v) is 2.61. The molecule has 21 heavy (non-hydrogen) atoms. The van der Waals surface area contributed by atoms with Crippen LogP contribution in [0.4, 0.5) is 0 Å². The average molecular weight is 508 g/mol. The predicted octanol–water partition coefficient (Wildman–Crippen LogP) is -2.21. The Morgan fingerprint density at radius 3 is 2.19 bits per heavy atom. The van der Waals surface area contributed by atoms with Crippen molar-refractivity contribution < 1.29 is 57.1 Å². The molecule has 9 nitrogen and oxygen atoms in total. The largest absolute Gasteiger partial charge is 0.480 e. The summed E-state index contributed by atoms with van der Waals surface area (Å²) in [6, 6.07) is -2.15. The number of carbonyl (C=O) groups is 4. The topological polar surface area (TPSA) is 159 Å². The van der Waals surface area contributed by atoms with Crippen LogP contribution in [0.5, 0.6) is 0 Å². The van der Waals surface area contributed by atoms with Crippen molar-refractivity contribution in [2.75, 3.05) is 12.3 Å². The number of hydrogen-bond donors (Lipinski definition) is 6. The standard InChI is InChI=1S/C10H17N3O6S.Hg/c11-5(10(18)19)1-2-7(14)13-6(4-20)9(17)12-3-8(15)16;/h5-6,20H,1-4,11H2,(H,12,17)(H,13,14)(H,15,16)(H,18,19);. The van der Waals surface area contributed by atoms with Crippen LogP contribution in [-0.4, -0.2) is 58.3 Å². The van der Waals surface area contributed by atoms with E-state index in [9.17, 15) is 19.2 Å². The van der Waals surface area contributed by atoms with Crippen LogP contribution in [0.1, 0.15) is 12.8 Å². The predicted molar refractivity (Wildman–Crippen MR) is 71.3 cm³/mol. The van der Waals surface area contributed by atoms with Crippen LogP contribution in [0.3, 0.4) is 0 Å². The number of nitrogens with one attached hydrogen (secondary N) is 2. The maximum absolute atomic E-state index is 11.5. The number of nitrogens with two attached hydrogens (primary N) is 1. The molecule has 0 heterocycles. The van der Waals surface area contributed by atoms with Crippen LogP contribution in [0.2, 0.25) is 0 Å². The van der Waals surface area contributed by atoms with Gasteiger partial charge < -0.3 is 26.6 Å². The molecule has 0 aliphatic heterocycles. The van der Waals surface area contributed by atoms with E-state index in [-0.39, 0.29) is 46.3 Å². The fourth-order valence-corrected chi connectivity index (χ4v) is 1.41. The molecular weight excluding hydrogens is 491 g/mol. The first kappa shape index (κ1) is 22.4. The first-order valence-electron chi connectivity index (χ1n) is 5.66. The van der Waals surface area contributed by atoms with Gasteiger partial charge in [-0.2, -0.15) is 12.6 Å². The van der Waals surface area contributed by atoms with E-state index in [2.05, 4.69) is 23.3 Å². The average Bonchev–Trinajstić information content (AvgIpc) is 2.38. The van der Waals surface area contributed by atoms with Gasteiger partial charge in [-0.15, -0.1) is 0 Å². The van der Waals surface area contributed by atoms with E-state index in [1.165, 1.54) is 0 Å². The number of amides is 2. The summed E-state index contributed by atoms with van der Waals surface area (Å²) in [6.07, 6.45) is -0.235. The minimum Gasteiger partial charge on any atom is -0.480 e. The van der Waals surface area contributed by atoms with Gasteiger partial charge in [0.2, 0.25) is 11.8 Å².